The Morgan fingerprint density at radius 1 is 1.52 bits per heavy atom. The molecule has 8 heteroatoms. The van der Waals surface area contributed by atoms with Gasteiger partial charge in [0.1, 0.15) is 5.69 Å². The van der Waals surface area contributed by atoms with Gasteiger partial charge in [0.15, 0.2) is 0 Å². The summed E-state index contributed by atoms with van der Waals surface area (Å²) in [5.74, 6) is -1.26. The highest BCUT2D eigenvalue weighted by molar-refractivity contribution is 5.97. The summed E-state index contributed by atoms with van der Waals surface area (Å²) in [6.07, 6.45) is 0.120. The SMILES string of the molecule is COCCN(CCC#N)c1c(C(=O)O)cccc1[N+](=O)[O-]. The molecule has 0 aliphatic heterocycles. The van der Waals surface area contributed by atoms with E-state index in [-0.39, 0.29) is 43.1 Å². The van der Waals surface area contributed by atoms with Gasteiger partial charge < -0.3 is 14.7 Å². The second kappa shape index (κ2) is 7.81. The van der Waals surface area contributed by atoms with Crippen LogP contribution in [0.2, 0.25) is 0 Å². The summed E-state index contributed by atoms with van der Waals surface area (Å²) < 4.78 is 4.93. The maximum atomic E-state index is 11.3. The fraction of sp³-hybridized carbons (Fsp3) is 0.385. The molecule has 0 radical (unpaired) electrons. The third-order valence-corrected chi connectivity index (χ3v) is 2.82. The van der Waals surface area contributed by atoms with Gasteiger partial charge in [0, 0.05) is 26.3 Å². The molecule has 0 unspecified atom stereocenters. The lowest BCUT2D eigenvalue weighted by Gasteiger charge is -2.24. The number of hydrogen-bond acceptors (Lipinski definition) is 6. The van der Waals surface area contributed by atoms with Crippen LogP contribution in [0.4, 0.5) is 11.4 Å². The van der Waals surface area contributed by atoms with Crippen LogP contribution in [-0.4, -0.2) is 42.8 Å². The average molecular weight is 293 g/mol. The lowest BCUT2D eigenvalue weighted by atomic mass is 10.1. The number of carbonyl (C=O) groups is 1. The van der Waals surface area contributed by atoms with Crippen molar-refractivity contribution in [2.75, 3.05) is 31.7 Å². The number of ether oxygens (including phenoxy) is 1. The van der Waals surface area contributed by atoms with Crippen molar-refractivity contribution in [2.24, 2.45) is 0 Å². The highest BCUT2D eigenvalue weighted by Crippen LogP contribution is 2.32. The molecular formula is C13H15N3O5. The van der Waals surface area contributed by atoms with E-state index in [1.807, 2.05) is 6.07 Å². The fourth-order valence-corrected chi connectivity index (χ4v) is 1.91. The number of aromatic carboxylic acids is 1. The van der Waals surface area contributed by atoms with Gasteiger partial charge in [-0.05, 0) is 6.07 Å². The molecule has 0 atom stereocenters. The first-order chi connectivity index (χ1) is 10.0. The minimum Gasteiger partial charge on any atom is -0.478 e. The highest BCUT2D eigenvalue weighted by atomic mass is 16.6. The average Bonchev–Trinajstić information content (AvgIpc) is 2.46. The van der Waals surface area contributed by atoms with Crippen LogP contribution in [0.3, 0.4) is 0 Å². The molecule has 1 N–H and O–H groups in total. The van der Waals surface area contributed by atoms with Gasteiger partial charge in [-0.15, -0.1) is 0 Å². The minimum atomic E-state index is -1.26. The second-order valence-corrected chi connectivity index (χ2v) is 4.12. The zero-order valence-corrected chi connectivity index (χ0v) is 11.5. The molecule has 8 nitrogen and oxygen atoms in total. The van der Waals surface area contributed by atoms with E-state index in [0.29, 0.717) is 0 Å². The van der Waals surface area contributed by atoms with Crippen LogP contribution in [0.1, 0.15) is 16.8 Å². The van der Waals surface area contributed by atoms with Crippen molar-refractivity contribution in [3.63, 3.8) is 0 Å². The number of nitro benzene ring substituents is 1. The van der Waals surface area contributed by atoms with Gasteiger partial charge in [-0.1, -0.05) is 6.07 Å². The number of para-hydroxylation sites is 1. The van der Waals surface area contributed by atoms with Gasteiger partial charge in [0.2, 0.25) is 0 Å². The Balaban J connectivity index is 3.34. The number of rotatable bonds is 8. The number of nitro groups is 1. The molecule has 0 saturated carbocycles. The van der Waals surface area contributed by atoms with Gasteiger partial charge in [0.25, 0.3) is 5.69 Å². The van der Waals surface area contributed by atoms with E-state index >= 15 is 0 Å². The Kier molecular flexibility index (Phi) is 6.10. The first-order valence-corrected chi connectivity index (χ1v) is 6.14. The topological polar surface area (TPSA) is 117 Å². The Hall–Kier alpha value is -2.66. The van der Waals surface area contributed by atoms with Crippen LogP contribution in [0.5, 0.6) is 0 Å². The molecular weight excluding hydrogens is 278 g/mol. The summed E-state index contributed by atoms with van der Waals surface area (Å²) in [5.41, 5.74) is -0.468. The van der Waals surface area contributed by atoms with Crippen molar-refractivity contribution in [1.82, 2.24) is 0 Å². The lowest BCUT2D eigenvalue weighted by molar-refractivity contribution is -0.384. The van der Waals surface area contributed by atoms with E-state index in [2.05, 4.69) is 0 Å². The molecule has 0 aliphatic carbocycles. The van der Waals surface area contributed by atoms with E-state index in [9.17, 15) is 20.0 Å². The number of hydrogen-bond donors (Lipinski definition) is 1. The van der Waals surface area contributed by atoms with Crippen LogP contribution in [0, 0.1) is 21.4 Å². The Morgan fingerprint density at radius 2 is 2.24 bits per heavy atom. The van der Waals surface area contributed by atoms with Crippen LogP contribution >= 0.6 is 0 Å². The number of benzene rings is 1. The molecule has 0 aliphatic rings. The minimum absolute atomic E-state index is 0.00213. The highest BCUT2D eigenvalue weighted by Gasteiger charge is 2.25. The van der Waals surface area contributed by atoms with E-state index in [1.54, 1.807) is 0 Å². The zero-order chi connectivity index (χ0) is 15.8. The standard InChI is InChI=1S/C13H15N3O5/c1-21-9-8-15(7-3-6-14)12-10(13(17)18)4-2-5-11(12)16(19)20/h2,4-5H,3,7-9H2,1H3,(H,17,18). The Labute approximate surface area is 121 Å². The van der Waals surface area contributed by atoms with Gasteiger partial charge in [0.05, 0.1) is 29.6 Å². The summed E-state index contributed by atoms with van der Waals surface area (Å²) in [7, 11) is 1.47. The van der Waals surface area contributed by atoms with Crippen molar-refractivity contribution in [3.8, 4) is 6.07 Å². The second-order valence-electron chi connectivity index (χ2n) is 4.12. The van der Waals surface area contributed by atoms with Crippen molar-refractivity contribution in [2.45, 2.75) is 6.42 Å². The number of carboxylic acids is 1. The predicted molar refractivity (Wildman–Crippen MR) is 74.4 cm³/mol. The molecule has 0 fully saturated rings. The number of nitriles is 1. The molecule has 1 aromatic rings. The van der Waals surface area contributed by atoms with Crippen molar-refractivity contribution >= 4 is 17.3 Å². The summed E-state index contributed by atoms with van der Waals surface area (Å²) in [4.78, 5) is 23.3. The fourth-order valence-electron chi connectivity index (χ4n) is 1.91. The van der Waals surface area contributed by atoms with Crippen LogP contribution < -0.4 is 4.90 Å². The van der Waals surface area contributed by atoms with Crippen molar-refractivity contribution in [3.05, 3.63) is 33.9 Å². The normalized spacial score (nSPS) is 9.90. The first-order valence-electron chi connectivity index (χ1n) is 6.14. The van der Waals surface area contributed by atoms with Crippen LogP contribution in [0.15, 0.2) is 18.2 Å². The molecule has 21 heavy (non-hydrogen) atoms. The van der Waals surface area contributed by atoms with Crippen LogP contribution in [0.25, 0.3) is 0 Å². The zero-order valence-electron chi connectivity index (χ0n) is 11.5. The number of nitrogens with zero attached hydrogens (tertiary/aromatic N) is 3. The number of carboxylic acid groups (broad SMARTS) is 1. The van der Waals surface area contributed by atoms with Gasteiger partial charge in [-0.3, -0.25) is 10.1 Å². The third-order valence-electron chi connectivity index (χ3n) is 2.82. The molecule has 0 spiro atoms. The largest absolute Gasteiger partial charge is 0.478 e. The Bertz CT molecular complexity index is 535. The van der Waals surface area contributed by atoms with Crippen molar-refractivity contribution < 1.29 is 19.6 Å². The lowest BCUT2D eigenvalue weighted by Crippen LogP contribution is -2.30. The quantitative estimate of drug-likeness (QED) is 0.572. The monoisotopic (exact) mass is 293 g/mol. The summed E-state index contributed by atoms with van der Waals surface area (Å²) >= 11 is 0. The maximum absolute atomic E-state index is 11.3. The summed E-state index contributed by atoms with van der Waals surface area (Å²) in [6.45, 7) is 0.699. The van der Waals surface area contributed by atoms with Gasteiger partial charge >= 0.3 is 5.97 Å². The van der Waals surface area contributed by atoms with E-state index in [4.69, 9.17) is 10.00 Å². The summed E-state index contributed by atoms with van der Waals surface area (Å²) in [6, 6.07) is 5.81. The molecule has 0 bridgehead atoms. The third kappa shape index (κ3) is 4.15. The van der Waals surface area contributed by atoms with Gasteiger partial charge in [-0.25, -0.2) is 4.79 Å². The predicted octanol–water partition coefficient (Wildman–Crippen LogP) is 1.66. The first kappa shape index (κ1) is 16.4. The molecule has 1 aromatic carbocycles. The van der Waals surface area contributed by atoms with E-state index in [1.165, 1.54) is 30.2 Å². The smallest absolute Gasteiger partial charge is 0.338 e. The van der Waals surface area contributed by atoms with Crippen LogP contribution in [-0.2, 0) is 4.74 Å². The molecule has 0 amide bonds. The molecule has 0 saturated heterocycles. The van der Waals surface area contributed by atoms with E-state index < -0.39 is 10.9 Å². The van der Waals surface area contributed by atoms with Crippen molar-refractivity contribution in [1.29, 1.82) is 5.26 Å². The van der Waals surface area contributed by atoms with E-state index in [0.717, 1.165) is 0 Å². The molecule has 0 aromatic heterocycles. The Morgan fingerprint density at radius 3 is 2.76 bits per heavy atom. The molecule has 0 heterocycles. The molecule has 1 rings (SSSR count). The summed E-state index contributed by atoms with van der Waals surface area (Å²) in [5, 5.41) is 29.1. The molecule has 112 valence electrons. The number of methoxy groups -OCH3 is 1. The van der Waals surface area contributed by atoms with Gasteiger partial charge in [-0.2, -0.15) is 5.26 Å². The maximum Gasteiger partial charge on any atom is 0.338 e. The number of anilines is 1.